The Hall–Kier alpha value is -2.37. The molecule has 0 aromatic carbocycles. The normalized spacial score (nSPS) is 13.2. The van der Waals surface area contributed by atoms with Crippen LogP contribution in [-0.4, -0.2) is 22.6 Å². The first-order chi connectivity index (χ1) is 8.65. The summed E-state index contributed by atoms with van der Waals surface area (Å²) in [7, 11) is 0. The minimum Gasteiger partial charge on any atom is -0.475 e. The Morgan fingerprint density at radius 1 is 1.50 bits per heavy atom. The first-order valence-corrected chi connectivity index (χ1v) is 5.41. The van der Waals surface area contributed by atoms with E-state index in [0.717, 1.165) is 11.8 Å². The molecule has 3 heterocycles. The molecule has 2 N–H and O–H groups in total. The van der Waals surface area contributed by atoms with E-state index in [1.54, 1.807) is 0 Å². The maximum atomic E-state index is 13.1. The van der Waals surface area contributed by atoms with Gasteiger partial charge in [0.25, 0.3) is 0 Å². The number of aromatic carboxylic acids is 1. The van der Waals surface area contributed by atoms with Gasteiger partial charge in [0.1, 0.15) is 11.5 Å². The number of aromatic nitrogens is 1. The number of carbonyl (C=O) groups is 1. The van der Waals surface area contributed by atoms with Crippen LogP contribution in [0, 0.1) is 5.82 Å². The molecule has 0 unspecified atom stereocenters. The third kappa shape index (κ3) is 1.62. The summed E-state index contributed by atoms with van der Waals surface area (Å²) < 4.78 is 18.4. The number of furan rings is 1. The minimum atomic E-state index is -1.13. The van der Waals surface area contributed by atoms with Crippen molar-refractivity contribution in [2.45, 2.75) is 6.42 Å². The fourth-order valence-electron chi connectivity index (χ4n) is 2.01. The van der Waals surface area contributed by atoms with E-state index in [1.165, 1.54) is 12.1 Å². The Kier molecular flexibility index (Phi) is 2.29. The maximum Gasteiger partial charge on any atom is 0.371 e. The summed E-state index contributed by atoms with van der Waals surface area (Å²) in [4.78, 5) is 14.8. The number of rotatable bonds is 1. The molecule has 6 heteroatoms. The fraction of sp³-hybridized carbons (Fsp3) is 0.167. The molecule has 2 aromatic heterocycles. The van der Waals surface area contributed by atoms with Crippen LogP contribution in [0.1, 0.15) is 16.1 Å². The quantitative estimate of drug-likeness (QED) is 0.808. The lowest BCUT2D eigenvalue weighted by Crippen LogP contribution is -2.03. The number of hydrogen-bond acceptors (Lipinski definition) is 4. The highest BCUT2D eigenvalue weighted by Gasteiger charge is 2.23. The fourth-order valence-corrected chi connectivity index (χ4v) is 2.01. The van der Waals surface area contributed by atoms with Crippen molar-refractivity contribution in [3.8, 4) is 11.5 Å². The second-order valence-electron chi connectivity index (χ2n) is 4.00. The lowest BCUT2D eigenvalue weighted by atomic mass is 10.1. The van der Waals surface area contributed by atoms with Crippen LogP contribution in [0.5, 0.6) is 0 Å². The van der Waals surface area contributed by atoms with E-state index in [-0.39, 0.29) is 5.76 Å². The summed E-state index contributed by atoms with van der Waals surface area (Å²) in [5.74, 6) is -1.30. The van der Waals surface area contributed by atoms with Crippen molar-refractivity contribution >= 4 is 11.7 Å². The van der Waals surface area contributed by atoms with Crippen LogP contribution < -0.4 is 5.32 Å². The Balaban J connectivity index is 2.20. The Labute approximate surface area is 101 Å². The molecule has 0 atom stereocenters. The van der Waals surface area contributed by atoms with Crippen molar-refractivity contribution in [1.82, 2.24) is 4.98 Å². The zero-order valence-electron chi connectivity index (χ0n) is 9.24. The largest absolute Gasteiger partial charge is 0.475 e. The highest BCUT2D eigenvalue weighted by atomic mass is 19.1. The van der Waals surface area contributed by atoms with Gasteiger partial charge in [0.15, 0.2) is 5.76 Å². The van der Waals surface area contributed by atoms with Crippen LogP contribution in [0.3, 0.4) is 0 Å². The summed E-state index contributed by atoms with van der Waals surface area (Å²) in [5, 5.41) is 11.9. The number of carboxylic acid groups (broad SMARTS) is 1. The average molecular weight is 248 g/mol. The topological polar surface area (TPSA) is 75.4 Å². The Morgan fingerprint density at radius 3 is 3.11 bits per heavy atom. The van der Waals surface area contributed by atoms with E-state index in [9.17, 15) is 9.18 Å². The molecular weight excluding hydrogens is 239 g/mol. The molecule has 0 aliphatic carbocycles. The van der Waals surface area contributed by atoms with Gasteiger partial charge >= 0.3 is 5.97 Å². The molecule has 0 radical (unpaired) electrons. The van der Waals surface area contributed by atoms with Crippen LogP contribution in [0.4, 0.5) is 10.1 Å². The molecule has 0 saturated carbocycles. The zero-order chi connectivity index (χ0) is 12.7. The Morgan fingerprint density at radius 2 is 2.33 bits per heavy atom. The monoisotopic (exact) mass is 248 g/mol. The SMILES string of the molecule is O=C(O)c1cc2c(o1)-c1ncc(F)cc1NCC2. The van der Waals surface area contributed by atoms with Crippen molar-refractivity contribution in [2.24, 2.45) is 0 Å². The van der Waals surface area contributed by atoms with Crippen molar-refractivity contribution < 1.29 is 18.7 Å². The maximum absolute atomic E-state index is 13.1. The molecule has 0 amide bonds. The number of anilines is 1. The van der Waals surface area contributed by atoms with E-state index in [2.05, 4.69) is 10.3 Å². The average Bonchev–Trinajstić information content (AvgIpc) is 2.67. The lowest BCUT2D eigenvalue weighted by molar-refractivity contribution is 0.0663. The first kappa shape index (κ1) is 10.8. The molecule has 92 valence electrons. The van der Waals surface area contributed by atoms with Gasteiger partial charge in [-0.05, 0) is 12.5 Å². The third-order valence-corrected chi connectivity index (χ3v) is 2.80. The number of carboxylic acids is 1. The zero-order valence-corrected chi connectivity index (χ0v) is 9.24. The van der Waals surface area contributed by atoms with Gasteiger partial charge in [-0.2, -0.15) is 0 Å². The Bertz CT molecular complexity index is 636. The molecule has 0 bridgehead atoms. The highest BCUT2D eigenvalue weighted by molar-refractivity contribution is 5.87. The molecule has 0 saturated heterocycles. The molecule has 1 aliphatic heterocycles. The van der Waals surface area contributed by atoms with Crippen LogP contribution in [-0.2, 0) is 6.42 Å². The van der Waals surface area contributed by atoms with Gasteiger partial charge < -0.3 is 14.8 Å². The predicted octanol–water partition coefficient (Wildman–Crippen LogP) is 2.15. The smallest absolute Gasteiger partial charge is 0.371 e. The van der Waals surface area contributed by atoms with E-state index < -0.39 is 11.8 Å². The summed E-state index contributed by atoms with van der Waals surface area (Å²) in [6.45, 7) is 0.573. The summed E-state index contributed by atoms with van der Waals surface area (Å²) in [6.07, 6.45) is 1.68. The molecule has 1 aliphatic rings. The van der Waals surface area contributed by atoms with Gasteiger partial charge in [-0.1, -0.05) is 0 Å². The van der Waals surface area contributed by atoms with E-state index in [4.69, 9.17) is 9.52 Å². The molecule has 0 fully saturated rings. The number of halogens is 1. The summed E-state index contributed by atoms with van der Waals surface area (Å²) >= 11 is 0. The van der Waals surface area contributed by atoms with Crippen molar-refractivity contribution in [1.29, 1.82) is 0 Å². The molecule has 18 heavy (non-hydrogen) atoms. The lowest BCUT2D eigenvalue weighted by Gasteiger charge is -2.05. The van der Waals surface area contributed by atoms with Gasteiger partial charge in [-0.3, -0.25) is 0 Å². The molecule has 3 rings (SSSR count). The van der Waals surface area contributed by atoms with Gasteiger partial charge in [-0.25, -0.2) is 14.2 Å². The van der Waals surface area contributed by atoms with Crippen molar-refractivity contribution in [2.75, 3.05) is 11.9 Å². The molecule has 2 aromatic rings. The highest BCUT2D eigenvalue weighted by Crippen LogP contribution is 2.34. The van der Waals surface area contributed by atoms with E-state index in [0.29, 0.717) is 30.1 Å². The summed E-state index contributed by atoms with van der Waals surface area (Å²) in [6, 6.07) is 2.81. The number of fused-ring (bicyclic) bond motifs is 3. The van der Waals surface area contributed by atoms with Gasteiger partial charge in [0.05, 0.1) is 11.9 Å². The van der Waals surface area contributed by atoms with Crippen LogP contribution in [0.15, 0.2) is 22.7 Å². The van der Waals surface area contributed by atoms with Crippen LogP contribution in [0.25, 0.3) is 11.5 Å². The van der Waals surface area contributed by atoms with E-state index >= 15 is 0 Å². The third-order valence-electron chi connectivity index (χ3n) is 2.80. The summed E-state index contributed by atoms with van der Waals surface area (Å²) in [5.41, 5.74) is 1.72. The van der Waals surface area contributed by atoms with Gasteiger partial charge in [0, 0.05) is 18.2 Å². The number of nitrogens with one attached hydrogen (secondary N) is 1. The van der Waals surface area contributed by atoms with Crippen LogP contribution >= 0.6 is 0 Å². The molecule has 0 spiro atoms. The standard InChI is InChI=1S/C12H9FN2O3/c13-7-4-8-10(15-5-7)11-6(1-2-14-8)3-9(18-11)12(16)17/h3-5,14H,1-2H2,(H,16,17). The van der Waals surface area contributed by atoms with Crippen LogP contribution in [0.2, 0.25) is 0 Å². The number of pyridine rings is 1. The van der Waals surface area contributed by atoms with Crippen molar-refractivity contribution in [3.05, 3.63) is 35.5 Å². The second kappa shape index (κ2) is 3.83. The minimum absolute atomic E-state index is 0.126. The molecule has 5 nitrogen and oxygen atoms in total. The number of hydrogen-bond donors (Lipinski definition) is 2. The van der Waals surface area contributed by atoms with E-state index in [1.807, 2.05) is 0 Å². The first-order valence-electron chi connectivity index (χ1n) is 5.41. The van der Waals surface area contributed by atoms with Crippen molar-refractivity contribution in [3.63, 3.8) is 0 Å². The number of nitrogens with zero attached hydrogens (tertiary/aromatic N) is 1. The molecular formula is C12H9FN2O3. The van der Waals surface area contributed by atoms with Gasteiger partial charge in [0.2, 0.25) is 5.76 Å². The second-order valence-corrected chi connectivity index (χ2v) is 4.00. The predicted molar refractivity (Wildman–Crippen MR) is 61.1 cm³/mol. The van der Waals surface area contributed by atoms with Gasteiger partial charge in [-0.15, -0.1) is 0 Å².